The number of carbonyl (C=O) groups is 1. The van der Waals surface area contributed by atoms with Crippen molar-refractivity contribution in [2.24, 2.45) is 11.8 Å². The number of hydrogen-bond donors (Lipinski definition) is 3. The highest BCUT2D eigenvalue weighted by Gasteiger charge is 2.44. The van der Waals surface area contributed by atoms with Gasteiger partial charge in [-0.05, 0) is 30.7 Å². The van der Waals surface area contributed by atoms with E-state index in [-0.39, 0.29) is 6.03 Å². The van der Waals surface area contributed by atoms with Gasteiger partial charge in [0.05, 0.1) is 5.39 Å². The molecule has 2 unspecified atom stereocenters. The van der Waals surface area contributed by atoms with Crippen molar-refractivity contribution in [2.75, 3.05) is 30.4 Å². The lowest BCUT2D eigenvalue weighted by atomic mass is 10.0. The van der Waals surface area contributed by atoms with Gasteiger partial charge in [0.1, 0.15) is 17.8 Å². The van der Waals surface area contributed by atoms with E-state index in [4.69, 9.17) is 0 Å². The average Bonchev–Trinajstić information content (AvgIpc) is 3.42. The molecule has 1 saturated heterocycles. The number of likely N-dealkylation sites (tertiary alicyclic amines) is 1. The van der Waals surface area contributed by atoms with E-state index < -0.39 is 0 Å². The number of H-pyrrole nitrogens is 2. The summed E-state index contributed by atoms with van der Waals surface area (Å²) in [6.07, 6.45) is 7.35. The smallest absolute Gasteiger partial charge is 0.323 e. The van der Waals surface area contributed by atoms with Crippen molar-refractivity contribution in [3.8, 4) is 0 Å². The molecule has 3 aromatic heterocycles. The van der Waals surface area contributed by atoms with Gasteiger partial charge in [0.2, 0.25) is 0 Å². The summed E-state index contributed by atoms with van der Waals surface area (Å²) in [5.74, 6) is 2.60. The largest absolute Gasteiger partial charge is 0.356 e. The fourth-order valence-corrected chi connectivity index (χ4v) is 4.58. The van der Waals surface area contributed by atoms with Crippen LogP contribution in [0.4, 0.5) is 16.4 Å². The number of amides is 2. The number of rotatable bonds is 3. The fraction of sp³-hybridized carbons (Fsp3) is 0.444. The third kappa shape index (κ3) is 2.79. The summed E-state index contributed by atoms with van der Waals surface area (Å²) in [6, 6.07) is 4.15. The highest BCUT2D eigenvalue weighted by molar-refractivity contribution is 5.88. The van der Waals surface area contributed by atoms with Crippen LogP contribution in [-0.2, 0) is 0 Å². The molecule has 3 N–H and O–H groups in total. The molecule has 2 fully saturated rings. The molecule has 2 amide bonds. The molecule has 0 spiro atoms. The van der Waals surface area contributed by atoms with E-state index in [2.05, 4.69) is 42.4 Å². The Hall–Kier alpha value is -3.10. The molecule has 2 aliphatic rings. The maximum Gasteiger partial charge on any atom is 0.323 e. The van der Waals surface area contributed by atoms with Gasteiger partial charge in [-0.15, -0.1) is 0 Å². The highest BCUT2D eigenvalue weighted by atomic mass is 16.2. The van der Waals surface area contributed by atoms with Crippen molar-refractivity contribution in [1.82, 2.24) is 30.0 Å². The minimum atomic E-state index is -0.0637. The van der Waals surface area contributed by atoms with Gasteiger partial charge in [-0.25, -0.2) is 14.8 Å². The number of aromatic amines is 2. The zero-order valence-electron chi connectivity index (χ0n) is 15.1. The van der Waals surface area contributed by atoms with E-state index in [9.17, 15) is 4.79 Å². The van der Waals surface area contributed by atoms with Gasteiger partial charge in [-0.3, -0.25) is 10.4 Å². The van der Waals surface area contributed by atoms with Crippen LogP contribution in [0.1, 0.15) is 12.8 Å². The molecule has 1 aliphatic heterocycles. The Morgan fingerprint density at radius 1 is 1.22 bits per heavy atom. The van der Waals surface area contributed by atoms with Crippen molar-refractivity contribution < 1.29 is 4.79 Å². The summed E-state index contributed by atoms with van der Waals surface area (Å²) in [6.45, 7) is 1.60. The zero-order chi connectivity index (χ0) is 18.4. The molecule has 1 saturated carbocycles. The predicted molar refractivity (Wildman–Crippen MR) is 101 cm³/mol. The molecule has 0 aromatic carbocycles. The van der Waals surface area contributed by atoms with Gasteiger partial charge < -0.3 is 14.8 Å². The first-order chi connectivity index (χ1) is 13.2. The molecule has 3 aromatic rings. The molecule has 9 heteroatoms. The molecule has 1 aliphatic carbocycles. The second kappa shape index (κ2) is 6.26. The Morgan fingerprint density at radius 2 is 2.04 bits per heavy atom. The number of urea groups is 1. The van der Waals surface area contributed by atoms with Gasteiger partial charge in [0.25, 0.3) is 0 Å². The highest BCUT2D eigenvalue weighted by Crippen LogP contribution is 2.41. The van der Waals surface area contributed by atoms with Gasteiger partial charge in [0, 0.05) is 44.6 Å². The Morgan fingerprint density at radius 3 is 2.78 bits per heavy atom. The lowest BCUT2D eigenvalue weighted by Gasteiger charge is -2.28. The van der Waals surface area contributed by atoms with Crippen LogP contribution in [-0.4, -0.2) is 62.3 Å². The van der Waals surface area contributed by atoms with Crippen molar-refractivity contribution in [1.29, 1.82) is 0 Å². The van der Waals surface area contributed by atoms with Crippen molar-refractivity contribution >= 4 is 28.7 Å². The number of nitrogens with one attached hydrogen (secondary N) is 3. The molecule has 5 rings (SSSR count). The SMILES string of the molecule is CN(c1ncnc2[nH]ccc12)C1CC2CN(C(=O)Nc3cc[nH]n3)CC2C1. The first-order valence-electron chi connectivity index (χ1n) is 9.25. The summed E-state index contributed by atoms with van der Waals surface area (Å²) in [4.78, 5) is 28.6. The molecule has 9 nitrogen and oxygen atoms in total. The van der Waals surface area contributed by atoms with E-state index >= 15 is 0 Å². The van der Waals surface area contributed by atoms with E-state index in [1.54, 1.807) is 18.6 Å². The monoisotopic (exact) mass is 366 g/mol. The molecule has 27 heavy (non-hydrogen) atoms. The molecule has 140 valence electrons. The van der Waals surface area contributed by atoms with Gasteiger partial charge in [0.15, 0.2) is 5.82 Å². The first kappa shape index (κ1) is 16.1. The Kier molecular flexibility index (Phi) is 3.73. The van der Waals surface area contributed by atoms with Crippen LogP contribution in [0.5, 0.6) is 0 Å². The molecular formula is C18H22N8O. The molecule has 2 atom stereocenters. The standard InChI is InChI=1S/C18H22N8O/c1-25(17-14-2-4-19-16(14)20-10-21-17)13-6-11-8-26(9-12(11)7-13)18(27)23-15-3-5-22-24-15/h2-5,10-13H,6-9H2,1H3,(H,19,20,21)(H2,22,23,24,27). The summed E-state index contributed by atoms with van der Waals surface area (Å²) in [5, 5.41) is 10.6. The summed E-state index contributed by atoms with van der Waals surface area (Å²) < 4.78 is 0. The molecular weight excluding hydrogens is 344 g/mol. The summed E-state index contributed by atoms with van der Waals surface area (Å²) in [5.41, 5.74) is 0.867. The fourth-order valence-electron chi connectivity index (χ4n) is 4.58. The van der Waals surface area contributed by atoms with Crippen LogP contribution in [0, 0.1) is 11.8 Å². The number of carbonyl (C=O) groups excluding carboxylic acids is 1. The van der Waals surface area contributed by atoms with E-state index in [1.165, 1.54) is 0 Å². The quantitative estimate of drug-likeness (QED) is 0.658. The van der Waals surface area contributed by atoms with Crippen molar-refractivity contribution in [3.05, 3.63) is 30.9 Å². The Bertz CT molecular complexity index is 937. The number of hydrogen-bond acceptors (Lipinski definition) is 5. The van der Waals surface area contributed by atoms with Gasteiger partial charge in [-0.2, -0.15) is 5.10 Å². The second-order valence-corrected chi connectivity index (χ2v) is 7.49. The number of fused-ring (bicyclic) bond motifs is 2. The lowest BCUT2D eigenvalue weighted by molar-refractivity contribution is 0.218. The van der Waals surface area contributed by atoms with Crippen LogP contribution in [0.2, 0.25) is 0 Å². The molecule has 4 heterocycles. The Labute approximate surface area is 156 Å². The first-order valence-corrected chi connectivity index (χ1v) is 9.25. The van der Waals surface area contributed by atoms with E-state index in [0.717, 1.165) is 42.8 Å². The maximum absolute atomic E-state index is 12.4. The van der Waals surface area contributed by atoms with Crippen LogP contribution in [0.25, 0.3) is 11.0 Å². The second-order valence-electron chi connectivity index (χ2n) is 7.49. The topological polar surface area (TPSA) is 106 Å². The van der Waals surface area contributed by atoms with Crippen LogP contribution in [0.15, 0.2) is 30.9 Å². The van der Waals surface area contributed by atoms with E-state index in [1.807, 2.05) is 17.2 Å². The van der Waals surface area contributed by atoms with Crippen molar-refractivity contribution in [2.45, 2.75) is 18.9 Å². The van der Waals surface area contributed by atoms with Crippen LogP contribution in [0.3, 0.4) is 0 Å². The minimum absolute atomic E-state index is 0.0637. The minimum Gasteiger partial charge on any atom is -0.356 e. The van der Waals surface area contributed by atoms with Gasteiger partial charge in [-0.1, -0.05) is 0 Å². The molecule has 0 radical (unpaired) electrons. The number of nitrogens with zero attached hydrogens (tertiary/aromatic N) is 5. The summed E-state index contributed by atoms with van der Waals surface area (Å²) in [7, 11) is 2.11. The third-order valence-corrected chi connectivity index (χ3v) is 5.96. The number of anilines is 2. The van der Waals surface area contributed by atoms with Crippen molar-refractivity contribution in [3.63, 3.8) is 0 Å². The average molecular weight is 366 g/mol. The number of aromatic nitrogens is 5. The van der Waals surface area contributed by atoms with E-state index in [0.29, 0.717) is 23.7 Å². The van der Waals surface area contributed by atoms with Crippen LogP contribution >= 0.6 is 0 Å². The lowest BCUT2D eigenvalue weighted by Crippen LogP contribution is -2.36. The molecule has 0 bridgehead atoms. The third-order valence-electron chi connectivity index (χ3n) is 5.96. The normalized spacial score (nSPS) is 24.3. The Balaban J connectivity index is 1.24. The maximum atomic E-state index is 12.4. The zero-order valence-corrected chi connectivity index (χ0v) is 15.1. The van der Waals surface area contributed by atoms with Crippen LogP contribution < -0.4 is 10.2 Å². The predicted octanol–water partition coefficient (Wildman–Crippen LogP) is 2.06. The van der Waals surface area contributed by atoms with Gasteiger partial charge >= 0.3 is 6.03 Å². The summed E-state index contributed by atoms with van der Waals surface area (Å²) >= 11 is 0.